The van der Waals surface area contributed by atoms with E-state index >= 15 is 0 Å². The second kappa shape index (κ2) is 6.72. The van der Waals surface area contributed by atoms with Crippen LogP contribution < -0.4 is 10.2 Å². The van der Waals surface area contributed by atoms with E-state index in [2.05, 4.69) is 30.3 Å². The Morgan fingerprint density at radius 2 is 2.00 bits per heavy atom. The van der Waals surface area contributed by atoms with Crippen LogP contribution in [0.15, 0.2) is 40.8 Å². The van der Waals surface area contributed by atoms with Crippen LogP contribution in [0.1, 0.15) is 41.6 Å². The first-order chi connectivity index (χ1) is 13.0. The van der Waals surface area contributed by atoms with Gasteiger partial charge >= 0.3 is 0 Å². The molecule has 2 heterocycles. The van der Waals surface area contributed by atoms with Gasteiger partial charge in [-0.25, -0.2) is 4.39 Å². The van der Waals surface area contributed by atoms with Gasteiger partial charge < -0.3 is 14.6 Å². The van der Waals surface area contributed by atoms with E-state index in [0.29, 0.717) is 28.4 Å². The maximum absolute atomic E-state index is 13.3. The Bertz CT molecular complexity index is 1010. The summed E-state index contributed by atoms with van der Waals surface area (Å²) in [6.07, 6.45) is 2.25. The third-order valence-electron chi connectivity index (χ3n) is 5.47. The minimum absolute atomic E-state index is 0.206. The molecule has 1 amide bonds. The summed E-state index contributed by atoms with van der Waals surface area (Å²) < 4.78 is 19.5. The molecule has 4 nitrogen and oxygen atoms in total. The number of benzene rings is 2. The number of carbonyl (C=O) groups is 1. The van der Waals surface area contributed by atoms with Gasteiger partial charge in [-0.05, 0) is 54.7 Å². The zero-order valence-corrected chi connectivity index (χ0v) is 15.8. The van der Waals surface area contributed by atoms with Crippen molar-refractivity contribution in [3.05, 3.63) is 53.3 Å². The molecule has 0 radical (unpaired) electrons. The van der Waals surface area contributed by atoms with Crippen molar-refractivity contribution in [2.45, 2.75) is 25.7 Å². The molecule has 140 valence electrons. The van der Waals surface area contributed by atoms with Gasteiger partial charge in [0, 0.05) is 43.3 Å². The Morgan fingerprint density at radius 1 is 1.26 bits per heavy atom. The zero-order valence-electron chi connectivity index (χ0n) is 15.8. The van der Waals surface area contributed by atoms with Gasteiger partial charge in [0.05, 0.1) is 5.56 Å². The molecule has 0 bridgehead atoms. The fourth-order valence-corrected chi connectivity index (χ4v) is 3.94. The van der Waals surface area contributed by atoms with Crippen LogP contribution in [0.25, 0.3) is 22.3 Å². The molecule has 1 aliphatic heterocycles. The van der Waals surface area contributed by atoms with Crippen molar-refractivity contribution in [2.75, 3.05) is 25.5 Å². The molecule has 0 aliphatic carbocycles. The van der Waals surface area contributed by atoms with Crippen molar-refractivity contribution >= 4 is 22.6 Å². The van der Waals surface area contributed by atoms with E-state index in [9.17, 15) is 9.18 Å². The van der Waals surface area contributed by atoms with Crippen LogP contribution in [0.2, 0.25) is 0 Å². The first kappa shape index (κ1) is 17.6. The molecule has 3 aromatic rings. The lowest BCUT2D eigenvalue weighted by Gasteiger charge is -2.20. The molecule has 27 heavy (non-hydrogen) atoms. The molecule has 0 spiro atoms. The highest BCUT2D eigenvalue weighted by Crippen LogP contribution is 2.41. The van der Waals surface area contributed by atoms with Crippen LogP contribution in [0.4, 0.5) is 10.1 Å². The Labute approximate surface area is 158 Å². The molecule has 4 rings (SSSR count). The van der Waals surface area contributed by atoms with E-state index in [0.717, 1.165) is 30.5 Å². The number of furan rings is 1. The van der Waals surface area contributed by atoms with Gasteiger partial charge in [-0.3, -0.25) is 4.79 Å². The molecule has 5 heteroatoms. The summed E-state index contributed by atoms with van der Waals surface area (Å²) in [7, 11) is 3.70. The van der Waals surface area contributed by atoms with Crippen LogP contribution >= 0.6 is 0 Å². The van der Waals surface area contributed by atoms with E-state index in [1.807, 2.05) is 6.07 Å². The summed E-state index contributed by atoms with van der Waals surface area (Å²) in [5.41, 5.74) is 4.24. The molecule has 1 atom stereocenters. The van der Waals surface area contributed by atoms with Gasteiger partial charge in [-0.15, -0.1) is 0 Å². The maximum Gasteiger partial charge on any atom is 0.255 e. The fraction of sp³-hybridized carbons (Fsp3) is 0.318. The second-order valence-corrected chi connectivity index (χ2v) is 7.26. The van der Waals surface area contributed by atoms with Crippen LogP contribution in [0.3, 0.4) is 0 Å². The highest BCUT2D eigenvalue weighted by atomic mass is 19.1. The van der Waals surface area contributed by atoms with E-state index < -0.39 is 0 Å². The highest BCUT2D eigenvalue weighted by molar-refractivity contribution is 6.11. The Kier molecular flexibility index (Phi) is 4.38. The van der Waals surface area contributed by atoms with Crippen molar-refractivity contribution in [3.63, 3.8) is 0 Å². The molecular formula is C22H23FN2O2. The topological polar surface area (TPSA) is 45.5 Å². The number of anilines is 1. The molecule has 1 aromatic heterocycles. The summed E-state index contributed by atoms with van der Waals surface area (Å²) in [6, 6.07) is 10.2. The lowest BCUT2D eigenvalue weighted by Crippen LogP contribution is -2.19. The SMILES string of the molecule is CNC(=O)c1c(-c2ccc(F)cc2)oc2cc3c(cc12)[C@H](C)CCCN3C. The molecular weight excluding hydrogens is 343 g/mol. The normalized spacial score (nSPS) is 16.9. The second-order valence-electron chi connectivity index (χ2n) is 7.26. The standard InChI is InChI=1S/C22H23FN2O2/c1-13-5-4-10-25(3)18-12-19-17(11-16(13)18)20(22(26)24-2)21(27-19)14-6-8-15(23)9-7-14/h6-9,11-13H,4-5,10H2,1-3H3,(H,24,26)/t13-/m1/s1. The van der Waals surface area contributed by atoms with Crippen LogP contribution in [0.5, 0.6) is 0 Å². The molecule has 1 N–H and O–H groups in total. The fourth-order valence-electron chi connectivity index (χ4n) is 3.94. The summed E-state index contributed by atoms with van der Waals surface area (Å²) in [6.45, 7) is 3.22. The van der Waals surface area contributed by atoms with Gasteiger partial charge in [0.1, 0.15) is 17.2 Å². The Morgan fingerprint density at radius 3 is 2.70 bits per heavy atom. The predicted octanol–water partition coefficient (Wildman–Crippen LogP) is 4.93. The number of hydrogen-bond donors (Lipinski definition) is 1. The van der Waals surface area contributed by atoms with Crippen LogP contribution in [-0.4, -0.2) is 26.5 Å². The average molecular weight is 366 g/mol. The van der Waals surface area contributed by atoms with Gasteiger partial charge in [0.2, 0.25) is 0 Å². The lowest BCUT2D eigenvalue weighted by atomic mass is 9.93. The minimum Gasteiger partial charge on any atom is -0.455 e. The highest BCUT2D eigenvalue weighted by Gasteiger charge is 2.26. The van der Waals surface area contributed by atoms with E-state index in [1.165, 1.54) is 17.7 Å². The predicted molar refractivity (Wildman–Crippen MR) is 106 cm³/mol. The van der Waals surface area contributed by atoms with Gasteiger partial charge in [-0.2, -0.15) is 0 Å². The summed E-state index contributed by atoms with van der Waals surface area (Å²) in [5.74, 6) is 0.358. The number of halogens is 1. The zero-order chi connectivity index (χ0) is 19.1. The third-order valence-corrected chi connectivity index (χ3v) is 5.47. The van der Waals surface area contributed by atoms with Crippen molar-refractivity contribution in [2.24, 2.45) is 0 Å². The Hall–Kier alpha value is -2.82. The van der Waals surface area contributed by atoms with Gasteiger partial charge in [0.15, 0.2) is 0 Å². The van der Waals surface area contributed by atoms with Crippen molar-refractivity contribution in [1.82, 2.24) is 5.32 Å². The van der Waals surface area contributed by atoms with Crippen molar-refractivity contribution in [3.8, 4) is 11.3 Å². The summed E-state index contributed by atoms with van der Waals surface area (Å²) in [5, 5.41) is 3.51. The number of fused-ring (bicyclic) bond motifs is 2. The monoisotopic (exact) mass is 366 g/mol. The molecule has 0 unspecified atom stereocenters. The number of hydrogen-bond acceptors (Lipinski definition) is 3. The summed E-state index contributed by atoms with van der Waals surface area (Å²) >= 11 is 0. The molecule has 1 aliphatic rings. The third kappa shape index (κ3) is 2.97. The Balaban J connectivity index is 1.99. The lowest BCUT2D eigenvalue weighted by molar-refractivity contribution is 0.0964. The van der Waals surface area contributed by atoms with Gasteiger partial charge in [-0.1, -0.05) is 6.92 Å². The summed E-state index contributed by atoms with van der Waals surface area (Å²) in [4.78, 5) is 14.9. The van der Waals surface area contributed by atoms with Crippen molar-refractivity contribution in [1.29, 1.82) is 0 Å². The quantitative estimate of drug-likeness (QED) is 0.699. The van der Waals surface area contributed by atoms with Gasteiger partial charge in [0.25, 0.3) is 5.91 Å². The minimum atomic E-state index is -0.321. The molecule has 0 saturated carbocycles. The number of nitrogens with one attached hydrogen (secondary N) is 1. The van der Waals surface area contributed by atoms with E-state index in [-0.39, 0.29) is 11.7 Å². The number of amides is 1. The molecule has 0 fully saturated rings. The largest absolute Gasteiger partial charge is 0.455 e. The smallest absolute Gasteiger partial charge is 0.255 e. The molecule has 0 saturated heterocycles. The van der Waals surface area contributed by atoms with E-state index in [4.69, 9.17) is 4.42 Å². The molecule has 2 aromatic carbocycles. The van der Waals surface area contributed by atoms with Crippen LogP contribution in [-0.2, 0) is 0 Å². The van der Waals surface area contributed by atoms with E-state index in [1.54, 1.807) is 19.2 Å². The number of rotatable bonds is 2. The van der Waals surface area contributed by atoms with Crippen LogP contribution in [0, 0.1) is 5.82 Å². The number of carbonyl (C=O) groups excluding carboxylic acids is 1. The first-order valence-electron chi connectivity index (χ1n) is 9.29. The maximum atomic E-state index is 13.3. The average Bonchev–Trinajstić information content (AvgIpc) is 2.98. The number of nitrogens with zero attached hydrogens (tertiary/aromatic N) is 1. The first-order valence-corrected chi connectivity index (χ1v) is 9.29. The van der Waals surface area contributed by atoms with Crippen molar-refractivity contribution < 1.29 is 13.6 Å².